The number of aromatic nitrogens is 8. The maximum Gasteiger partial charge on any atom is 0.488 e. The number of aryl methyl sites for hydroxylation is 2. The number of nitro benzene ring substituents is 1. The van der Waals surface area contributed by atoms with Crippen LogP contribution < -0.4 is 22.7 Å². The van der Waals surface area contributed by atoms with Crippen LogP contribution in [0, 0.1) is 49.9 Å². The fourth-order valence-electron chi connectivity index (χ4n) is 7.82. The van der Waals surface area contributed by atoms with Crippen LogP contribution in [-0.4, -0.2) is 114 Å². The second kappa shape index (κ2) is 33.3. The number of aliphatic hydroxyl groups is 1. The first-order valence-electron chi connectivity index (χ1n) is 25.3. The molecule has 12 rings (SSSR count). The third-order valence-electron chi connectivity index (χ3n) is 12.2. The summed E-state index contributed by atoms with van der Waals surface area (Å²) in [5, 5.41) is 37.8. The zero-order valence-electron chi connectivity index (χ0n) is 48.1. The molecule has 0 amide bonds. The number of imidazole rings is 3. The van der Waals surface area contributed by atoms with Gasteiger partial charge in [0.1, 0.15) is 34.8 Å². The molecule has 0 bridgehead atoms. The van der Waals surface area contributed by atoms with E-state index in [2.05, 4.69) is 29.9 Å². The van der Waals surface area contributed by atoms with E-state index in [0.717, 1.165) is 81.4 Å². The lowest BCUT2D eigenvalue weighted by Gasteiger charge is -2.05. The Morgan fingerprint density at radius 3 is 1.52 bits per heavy atom. The van der Waals surface area contributed by atoms with Crippen LogP contribution in [0.15, 0.2) is 143 Å². The van der Waals surface area contributed by atoms with Crippen LogP contribution in [0.1, 0.15) is 0 Å². The number of rotatable bonds is 6. The van der Waals surface area contributed by atoms with E-state index in [1.165, 1.54) is 48.2 Å². The number of anilines is 3. The van der Waals surface area contributed by atoms with Gasteiger partial charge in [-0.15, -0.1) is 23.2 Å². The molecule has 0 radical (unpaired) electrons. The van der Waals surface area contributed by atoms with Crippen LogP contribution in [0.3, 0.4) is 0 Å². The zero-order valence-corrected chi connectivity index (χ0v) is 58.6. The predicted octanol–water partition coefficient (Wildman–Crippen LogP) is 11.8. The van der Waals surface area contributed by atoms with Crippen molar-refractivity contribution in [2.45, 2.75) is 15.5 Å². The van der Waals surface area contributed by atoms with E-state index in [1.807, 2.05) is 146 Å². The van der Waals surface area contributed by atoms with Gasteiger partial charge in [-0.2, -0.15) is 0 Å². The van der Waals surface area contributed by atoms with Gasteiger partial charge in [-0.05, 0) is 157 Å². The van der Waals surface area contributed by atoms with Crippen molar-refractivity contribution in [1.29, 1.82) is 0 Å². The van der Waals surface area contributed by atoms with Crippen molar-refractivity contribution in [3.8, 4) is 11.1 Å². The van der Waals surface area contributed by atoms with Crippen molar-refractivity contribution in [2.24, 2.45) is 14.1 Å². The first-order valence-corrected chi connectivity index (χ1v) is 34.6. The molecule has 482 valence electrons. The lowest BCUT2D eigenvalue weighted by atomic mass is 9.80. The van der Waals surface area contributed by atoms with E-state index in [4.69, 9.17) is 55.6 Å². The summed E-state index contributed by atoms with van der Waals surface area (Å²) in [5.74, 6) is -1.93. The number of thioether (sulfide) groups is 1. The molecule has 12 aromatic rings. The highest BCUT2D eigenvalue weighted by Crippen LogP contribution is 2.31. The third kappa shape index (κ3) is 20.5. The number of nitrogens with two attached hydrogens (primary N) is 3. The van der Waals surface area contributed by atoms with Gasteiger partial charge < -0.3 is 56.4 Å². The Morgan fingerprint density at radius 1 is 0.604 bits per heavy atom. The largest absolute Gasteiger partial charge is 0.488 e. The van der Waals surface area contributed by atoms with Crippen LogP contribution in [0.5, 0.6) is 0 Å². The minimum atomic E-state index is -3.47. The number of hydrogen-bond acceptors (Lipinski definition) is 16. The molecule has 5 aromatic heterocycles. The molecule has 0 unspecified atom stereocenters. The van der Waals surface area contributed by atoms with E-state index in [0.29, 0.717) is 49.5 Å². The molecular formula is C56H53BCl2F5I3N12O9S3. The van der Waals surface area contributed by atoms with E-state index in [1.54, 1.807) is 24.3 Å². The van der Waals surface area contributed by atoms with Crippen molar-refractivity contribution >= 4 is 213 Å². The average molecular weight is 1690 g/mol. The molecular weight excluding hydrogens is 1640 g/mol. The normalized spacial score (nSPS) is 10.8. The quantitative estimate of drug-likeness (QED) is 0.0109. The molecule has 0 saturated carbocycles. The van der Waals surface area contributed by atoms with Gasteiger partial charge in [-0.3, -0.25) is 10.1 Å². The second-order valence-electron chi connectivity index (χ2n) is 18.6. The van der Waals surface area contributed by atoms with Crippen molar-refractivity contribution in [3.05, 3.63) is 178 Å². The summed E-state index contributed by atoms with van der Waals surface area (Å²) in [4.78, 5) is 29.9. The van der Waals surface area contributed by atoms with Crippen LogP contribution in [-0.2, 0) is 33.8 Å². The van der Waals surface area contributed by atoms with E-state index < -0.39 is 49.2 Å². The van der Waals surface area contributed by atoms with Crippen LogP contribution in [0.2, 0.25) is 0 Å². The number of alkyl halides is 2. The fraction of sp³-hybridized carbons (Fsp3) is 0.125. The highest BCUT2D eigenvalue weighted by Gasteiger charge is 2.18. The standard InChI is InChI=1S/C17H14FN3O2S.C9H10BNO2.C8H6FIN2O2S.C8H6FIN2S.C6H6FIN2.C6H5FN2O2.CH2Cl2.CH4O/c1-21-6-5-11-7-10(3-4-16(11)21)12-8-14-15(9-13(12)18)20-17(19-14)24(2,22)23;1-11-5-4-7-6-8(10(12)13)2-3-9(7)11;1-15(13,14)8-11-6-2-4(9)5(10)3-7(6)12-8;1-13-8-11-6-2-4(9)5(10)3-7(6)12-8;7-3-1-5(9)6(10)2-4(3)8;7-4-1-2-6(9(10)11)5(8)3-4;2-1-3;1-2/h3-9H,1-2H3,(H,19,20);2-6,12-13H,1H3;2-3H,1H3,(H,11,12);2-3H,1H3,(H,11,12);1-2H,9-10H2;1-3H,8H2;1H2;2H,1H3. The van der Waals surface area contributed by atoms with E-state index >= 15 is 0 Å². The summed E-state index contributed by atoms with van der Waals surface area (Å²) < 4.78 is 117. The highest BCUT2D eigenvalue weighted by molar-refractivity contribution is 14.1. The Bertz CT molecular complexity index is 4670. The number of hydrogen-bond donors (Lipinski definition) is 9. The monoisotopic (exact) mass is 1690 g/mol. The maximum atomic E-state index is 14.5. The van der Waals surface area contributed by atoms with E-state index in [-0.39, 0.29) is 44.3 Å². The average Bonchev–Trinajstić information content (AvgIpc) is 3.56. The van der Waals surface area contributed by atoms with Gasteiger partial charge in [0.25, 0.3) is 5.69 Å². The topological polar surface area (TPSA) is 346 Å². The Hall–Kier alpha value is -6.56. The number of benzene rings is 7. The zero-order chi connectivity index (χ0) is 68.0. The SMILES string of the molecule is CO.CS(=O)(=O)c1nc2cc(I)c(F)cc2[nH]1.CSc1nc2cc(I)c(F)cc2[nH]1.ClCCl.Cn1ccc2cc(-c3cc4nc(S(C)(=O)=O)[nH]c4cc3F)ccc21.Cn1ccc2cc(B(O)O)ccc21.Nc1cc(F)c(I)cc1N.Nc1cc(F)ccc1[N+](=O)[O-]. The second-order valence-corrected chi connectivity index (χ2v) is 27.5. The number of aromatic amines is 3. The Labute approximate surface area is 571 Å². The van der Waals surface area contributed by atoms with Crippen molar-refractivity contribution in [2.75, 3.05) is 48.4 Å². The van der Waals surface area contributed by atoms with Crippen LogP contribution >= 0.6 is 103 Å². The number of H-pyrrole nitrogens is 3. The van der Waals surface area contributed by atoms with Gasteiger partial charge in [0.05, 0.1) is 65.4 Å². The summed E-state index contributed by atoms with van der Waals surface area (Å²) in [6.07, 6.45) is 7.93. The molecule has 0 spiro atoms. The minimum Gasteiger partial charge on any atom is -0.423 e. The molecule has 21 nitrogen and oxygen atoms in total. The van der Waals surface area contributed by atoms with Crippen LogP contribution in [0.4, 0.5) is 44.7 Å². The van der Waals surface area contributed by atoms with Crippen LogP contribution in [0.25, 0.3) is 66.0 Å². The van der Waals surface area contributed by atoms with Gasteiger partial charge in [0.15, 0.2) is 5.16 Å². The number of nitrogens with zero attached hydrogens (tertiary/aromatic N) is 6. The van der Waals surface area contributed by atoms with Crippen molar-refractivity contribution in [1.82, 2.24) is 39.0 Å². The molecule has 0 aliphatic carbocycles. The highest BCUT2D eigenvalue weighted by atomic mass is 127. The first kappa shape index (κ1) is 75.2. The Balaban J connectivity index is 0.000000201. The van der Waals surface area contributed by atoms with Gasteiger partial charge in [0.2, 0.25) is 30.0 Å². The molecule has 0 saturated heterocycles. The summed E-state index contributed by atoms with van der Waals surface area (Å²) in [6, 6.07) is 29.4. The van der Waals surface area contributed by atoms with Gasteiger partial charge in [0, 0.05) is 98.4 Å². The summed E-state index contributed by atoms with van der Waals surface area (Å²) >= 11 is 16.7. The molecule has 0 aliphatic heterocycles. The lowest BCUT2D eigenvalue weighted by molar-refractivity contribution is -0.383. The van der Waals surface area contributed by atoms with Gasteiger partial charge >= 0.3 is 7.12 Å². The Kier molecular flexibility index (Phi) is 27.5. The molecule has 12 N–H and O–H groups in total. The van der Waals surface area contributed by atoms with Gasteiger partial charge in [-0.25, -0.2) is 53.7 Å². The molecule has 0 aliphatic rings. The minimum absolute atomic E-state index is 0.140. The third-order valence-corrected chi connectivity index (χ3v) is 17.0. The molecule has 91 heavy (non-hydrogen) atoms. The molecule has 0 fully saturated rings. The molecule has 5 heterocycles. The maximum absolute atomic E-state index is 14.5. The number of fused-ring (bicyclic) bond motifs is 5. The summed E-state index contributed by atoms with van der Waals surface area (Å²) in [7, 11) is -3.33. The number of nitro groups is 1. The van der Waals surface area contributed by atoms with Crippen molar-refractivity contribution < 1.29 is 58.9 Å². The Morgan fingerprint density at radius 2 is 1.04 bits per heavy atom. The summed E-state index contributed by atoms with van der Waals surface area (Å²) in [5.41, 5.74) is 23.1. The number of halogens is 10. The number of nitrogens with one attached hydrogen (secondary N) is 3. The van der Waals surface area contributed by atoms with Gasteiger partial charge in [-0.1, -0.05) is 30.0 Å². The van der Waals surface area contributed by atoms with E-state index in [9.17, 15) is 48.9 Å². The number of sulfone groups is 2. The molecule has 35 heteroatoms. The number of nitrogen functional groups attached to an aromatic ring is 3. The molecule has 0 atom stereocenters. The predicted molar refractivity (Wildman–Crippen MR) is 376 cm³/mol. The number of aliphatic hydroxyl groups excluding tert-OH is 1. The lowest BCUT2D eigenvalue weighted by Crippen LogP contribution is -2.29. The van der Waals surface area contributed by atoms with Crippen molar-refractivity contribution in [3.63, 3.8) is 0 Å². The summed E-state index contributed by atoms with van der Waals surface area (Å²) in [6.45, 7) is 0. The first-order chi connectivity index (χ1) is 42.7. The molecule has 7 aromatic carbocycles. The smallest absolute Gasteiger partial charge is 0.423 e. The fourth-order valence-corrected chi connectivity index (χ4v) is 10.7.